The minimum Gasteiger partial charge on any atom is -0.486 e. The van der Waals surface area contributed by atoms with Crippen LogP contribution < -0.4 is 15.0 Å². The number of piperazine rings is 1. The van der Waals surface area contributed by atoms with Crippen molar-refractivity contribution in [2.75, 3.05) is 44.2 Å². The van der Waals surface area contributed by atoms with Gasteiger partial charge in [0.15, 0.2) is 0 Å². The molecule has 0 aliphatic carbocycles. The summed E-state index contributed by atoms with van der Waals surface area (Å²) in [5.74, 6) is 0.511. The van der Waals surface area contributed by atoms with E-state index in [-0.39, 0.29) is 17.8 Å². The van der Waals surface area contributed by atoms with Gasteiger partial charge in [0, 0.05) is 43.8 Å². The normalized spacial score (nSPS) is 18.2. The summed E-state index contributed by atoms with van der Waals surface area (Å²) in [4.78, 5) is 17.7. The van der Waals surface area contributed by atoms with Crippen LogP contribution in [0.2, 0.25) is 5.02 Å². The molecule has 2 aromatic carbocycles. The fourth-order valence-corrected chi connectivity index (χ4v) is 5.10. The van der Waals surface area contributed by atoms with Crippen molar-refractivity contribution in [3.63, 3.8) is 0 Å². The Hall–Kier alpha value is -2.77. The number of hydrogen-bond acceptors (Lipinski definition) is 4. The molecule has 0 radical (unpaired) electrons. The van der Waals surface area contributed by atoms with Crippen LogP contribution in [0.25, 0.3) is 10.9 Å². The number of amides is 1. The number of carbonyl (C=O) groups excluding carboxylic acids is 1. The topological polar surface area (TPSA) is 49.7 Å². The number of rotatable bonds is 7. The van der Waals surface area contributed by atoms with Crippen LogP contribution in [0.5, 0.6) is 5.75 Å². The predicted octanol–water partition coefficient (Wildman–Crippen LogP) is 4.55. The molecule has 1 N–H and O–H groups in total. The smallest absolute Gasteiger partial charge is 0.267 e. The maximum atomic E-state index is 13.2. The lowest BCUT2D eigenvalue weighted by Gasteiger charge is -2.36. The van der Waals surface area contributed by atoms with Crippen molar-refractivity contribution >= 4 is 34.1 Å². The number of ether oxygens (including phenoxy) is 1. The Morgan fingerprint density at radius 2 is 1.91 bits per heavy atom. The lowest BCUT2D eigenvalue weighted by Crippen LogP contribution is -2.47. The Kier molecular flexibility index (Phi) is 6.66. The van der Waals surface area contributed by atoms with Gasteiger partial charge in [0.1, 0.15) is 23.4 Å². The van der Waals surface area contributed by atoms with Crippen molar-refractivity contribution in [1.29, 1.82) is 0 Å². The minimum atomic E-state index is -0.205. The Bertz CT molecular complexity index is 1170. The monoisotopic (exact) mass is 484 g/mol. The van der Waals surface area contributed by atoms with Crippen molar-refractivity contribution in [3.05, 3.63) is 59.0 Å². The fraction of sp³-hybridized carbons (Fsp3) is 0.423. The van der Waals surface area contributed by atoms with Gasteiger partial charge in [0.05, 0.1) is 17.1 Å². The second-order valence-corrected chi connectivity index (χ2v) is 9.42. The van der Waals surface area contributed by atoms with Gasteiger partial charge >= 0.3 is 0 Å². The molecule has 180 valence electrons. The molecule has 3 aromatic rings. The molecule has 8 heteroatoms. The average Bonchev–Trinajstić information content (AvgIpc) is 3.26. The number of benzene rings is 2. The molecule has 0 unspecified atom stereocenters. The van der Waals surface area contributed by atoms with Gasteiger partial charge < -0.3 is 19.5 Å². The summed E-state index contributed by atoms with van der Waals surface area (Å²) in [6.45, 7) is 8.04. The van der Waals surface area contributed by atoms with Crippen LogP contribution in [-0.4, -0.2) is 60.7 Å². The first-order valence-electron chi connectivity index (χ1n) is 12.0. The largest absolute Gasteiger partial charge is 0.486 e. The minimum absolute atomic E-state index is 0.0457. The lowest BCUT2D eigenvalue weighted by molar-refractivity contribution is 0.0935. The van der Waals surface area contributed by atoms with Crippen molar-refractivity contribution in [3.8, 4) is 5.75 Å². The van der Waals surface area contributed by atoms with E-state index < -0.39 is 0 Å². The van der Waals surface area contributed by atoms with Crippen LogP contribution in [-0.2, 0) is 6.54 Å². The third kappa shape index (κ3) is 4.59. The van der Waals surface area contributed by atoms with Gasteiger partial charge in [-0.1, -0.05) is 18.5 Å². The molecule has 34 heavy (non-hydrogen) atoms. The van der Waals surface area contributed by atoms with Crippen molar-refractivity contribution in [1.82, 2.24) is 14.8 Å². The Morgan fingerprint density at radius 1 is 1.15 bits per heavy atom. The molecule has 2 aliphatic heterocycles. The molecule has 1 amide bonds. The van der Waals surface area contributed by atoms with Gasteiger partial charge in [-0.2, -0.15) is 0 Å². The number of nitrogens with zero attached hydrogens (tertiary/aromatic N) is 3. The predicted molar refractivity (Wildman–Crippen MR) is 134 cm³/mol. The molecule has 2 aliphatic rings. The van der Waals surface area contributed by atoms with Gasteiger partial charge in [-0.05, 0) is 61.9 Å². The molecule has 1 fully saturated rings. The third-order valence-corrected chi connectivity index (χ3v) is 7.17. The Balaban J connectivity index is 1.14. The molecule has 1 saturated heterocycles. The van der Waals surface area contributed by atoms with Gasteiger partial charge in [-0.15, -0.1) is 0 Å². The van der Waals surface area contributed by atoms with Crippen LogP contribution in [0, 0.1) is 5.82 Å². The highest BCUT2D eigenvalue weighted by atomic mass is 35.5. The zero-order chi connectivity index (χ0) is 23.7. The van der Waals surface area contributed by atoms with Gasteiger partial charge in [0.2, 0.25) is 0 Å². The van der Waals surface area contributed by atoms with Crippen LogP contribution in [0.15, 0.2) is 42.5 Å². The second-order valence-electron chi connectivity index (χ2n) is 9.01. The van der Waals surface area contributed by atoms with E-state index in [1.807, 2.05) is 30.3 Å². The first kappa shape index (κ1) is 23.0. The molecule has 5 rings (SSSR count). The molecule has 1 aromatic heterocycles. The van der Waals surface area contributed by atoms with E-state index in [0.717, 1.165) is 67.9 Å². The summed E-state index contributed by atoms with van der Waals surface area (Å²) in [5.41, 5.74) is 2.61. The Labute approximate surface area is 204 Å². The van der Waals surface area contributed by atoms with E-state index in [0.29, 0.717) is 23.8 Å². The summed E-state index contributed by atoms with van der Waals surface area (Å²) in [7, 11) is 0. The first-order chi connectivity index (χ1) is 16.5. The summed E-state index contributed by atoms with van der Waals surface area (Å²) in [6, 6.07) is 12.3. The highest BCUT2D eigenvalue weighted by Gasteiger charge is 2.27. The van der Waals surface area contributed by atoms with Gasteiger partial charge in [0.25, 0.3) is 5.91 Å². The van der Waals surface area contributed by atoms with Crippen molar-refractivity contribution < 1.29 is 13.9 Å². The maximum Gasteiger partial charge on any atom is 0.267 e. The Morgan fingerprint density at radius 3 is 2.65 bits per heavy atom. The molecular formula is C26H30ClFN4O2. The van der Waals surface area contributed by atoms with E-state index in [9.17, 15) is 9.18 Å². The van der Waals surface area contributed by atoms with E-state index >= 15 is 0 Å². The fourth-order valence-electron chi connectivity index (χ4n) is 4.90. The maximum absolute atomic E-state index is 13.2. The summed E-state index contributed by atoms with van der Waals surface area (Å²) < 4.78 is 21.3. The van der Waals surface area contributed by atoms with Gasteiger partial charge in [-0.3, -0.25) is 9.69 Å². The molecule has 0 spiro atoms. The standard InChI is InChI=1S/C26H30ClFN4O2/c1-2-20-17-32-23(16-21-22(27)8-9-24(34-20)25(21)32)26(33)29-10-3-11-30-12-14-31(15-13-30)19-6-4-18(28)5-7-19/h4-9,16,20H,2-3,10-15,17H2,1H3,(H,29,33)/t20-/m0/s1. The van der Waals surface area contributed by atoms with Gasteiger partial charge in [-0.25, -0.2) is 4.39 Å². The average molecular weight is 485 g/mol. The van der Waals surface area contributed by atoms with E-state index in [1.165, 1.54) is 12.1 Å². The summed E-state index contributed by atoms with van der Waals surface area (Å²) in [6.07, 6.45) is 1.80. The highest BCUT2D eigenvalue weighted by molar-refractivity contribution is 6.36. The van der Waals surface area contributed by atoms with Crippen LogP contribution in [0.4, 0.5) is 10.1 Å². The summed E-state index contributed by atoms with van der Waals surface area (Å²) >= 11 is 6.41. The van der Waals surface area contributed by atoms with E-state index in [4.69, 9.17) is 16.3 Å². The molecule has 1 atom stereocenters. The zero-order valence-electron chi connectivity index (χ0n) is 19.4. The SMILES string of the molecule is CC[C@H]1Cn2c(C(=O)NCCCN3CCN(c4ccc(F)cc4)CC3)cc3c(Cl)ccc(c32)O1. The van der Waals surface area contributed by atoms with Crippen molar-refractivity contribution in [2.24, 2.45) is 0 Å². The third-order valence-electron chi connectivity index (χ3n) is 6.84. The number of aromatic nitrogens is 1. The number of halogens is 2. The van der Waals surface area contributed by atoms with E-state index in [2.05, 4.69) is 26.6 Å². The highest BCUT2D eigenvalue weighted by Crippen LogP contribution is 2.38. The summed E-state index contributed by atoms with van der Waals surface area (Å²) in [5, 5.41) is 4.58. The number of carbonyl (C=O) groups is 1. The quantitative estimate of drug-likeness (QED) is 0.500. The molecule has 0 bridgehead atoms. The van der Waals surface area contributed by atoms with Crippen LogP contribution in [0.3, 0.4) is 0 Å². The number of hydrogen-bond donors (Lipinski definition) is 1. The van der Waals surface area contributed by atoms with Crippen molar-refractivity contribution in [2.45, 2.75) is 32.4 Å². The zero-order valence-corrected chi connectivity index (χ0v) is 20.2. The molecule has 0 saturated carbocycles. The van der Waals surface area contributed by atoms with Crippen LogP contribution in [0.1, 0.15) is 30.3 Å². The number of nitrogens with one attached hydrogen (secondary N) is 1. The molecule has 6 nitrogen and oxygen atoms in total. The molecule has 3 heterocycles. The molecular weight excluding hydrogens is 455 g/mol. The second kappa shape index (κ2) is 9.84. The van der Waals surface area contributed by atoms with Crippen LogP contribution >= 0.6 is 11.6 Å². The first-order valence-corrected chi connectivity index (χ1v) is 12.4. The number of anilines is 1. The van der Waals surface area contributed by atoms with E-state index in [1.54, 1.807) is 0 Å². The lowest BCUT2D eigenvalue weighted by atomic mass is 10.2.